The molecule has 1 aromatic heterocycles. The Morgan fingerprint density at radius 1 is 1.55 bits per heavy atom. The van der Waals surface area contributed by atoms with Crippen molar-refractivity contribution >= 4 is 32.2 Å². The number of nitrogens with one attached hydrogen (secondary N) is 1. The van der Waals surface area contributed by atoms with E-state index in [2.05, 4.69) is 10.3 Å². The number of amides is 1. The summed E-state index contributed by atoms with van der Waals surface area (Å²) in [5, 5.41) is 5.49. The van der Waals surface area contributed by atoms with Crippen LogP contribution in [0.4, 0.5) is 5.13 Å². The largest absolute Gasteiger partial charge is 0.362 e. The molecule has 112 valence electrons. The first-order valence-electron chi connectivity index (χ1n) is 6.63. The van der Waals surface area contributed by atoms with Gasteiger partial charge in [0.15, 0.2) is 15.0 Å². The van der Waals surface area contributed by atoms with E-state index in [1.165, 1.54) is 11.3 Å². The molecule has 20 heavy (non-hydrogen) atoms. The first-order valence-corrected chi connectivity index (χ1v) is 9.34. The molecule has 6 nitrogen and oxygen atoms in total. The van der Waals surface area contributed by atoms with Gasteiger partial charge in [0.05, 0.1) is 11.5 Å². The Balaban J connectivity index is 2.14. The van der Waals surface area contributed by atoms with Crippen molar-refractivity contribution in [1.82, 2.24) is 9.88 Å². The summed E-state index contributed by atoms with van der Waals surface area (Å²) in [6.45, 7) is 4.84. The third-order valence-electron chi connectivity index (χ3n) is 3.33. The van der Waals surface area contributed by atoms with Crippen LogP contribution in [0.25, 0.3) is 0 Å². The van der Waals surface area contributed by atoms with Gasteiger partial charge in [-0.1, -0.05) is 0 Å². The molecule has 0 spiro atoms. The fourth-order valence-corrected chi connectivity index (χ4v) is 4.25. The van der Waals surface area contributed by atoms with Gasteiger partial charge < -0.3 is 10.2 Å². The average molecular weight is 317 g/mol. The van der Waals surface area contributed by atoms with Crippen molar-refractivity contribution in [3.8, 4) is 0 Å². The number of sulfone groups is 1. The topological polar surface area (TPSA) is 79.4 Å². The first kappa shape index (κ1) is 15.2. The molecule has 1 saturated heterocycles. The molecule has 8 heteroatoms. The molecular formula is C12H19N3O3S2. The number of carbonyl (C=O) groups is 1. The minimum atomic E-state index is -3.03. The third kappa shape index (κ3) is 3.49. The Hall–Kier alpha value is -1.15. The molecule has 0 radical (unpaired) electrons. The Morgan fingerprint density at radius 3 is 3.00 bits per heavy atom. The second-order valence-corrected chi connectivity index (χ2v) is 8.02. The van der Waals surface area contributed by atoms with Gasteiger partial charge in [-0.15, -0.1) is 11.3 Å². The molecular weight excluding hydrogens is 298 g/mol. The van der Waals surface area contributed by atoms with Crippen molar-refractivity contribution in [1.29, 1.82) is 0 Å². The second kappa shape index (κ2) is 6.09. The van der Waals surface area contributed by atoms with E-state index in [1.807, 2.05) is 13.8 Å². The van der Waals surface area contributed by atoms with Crippen LogP contribution < -0.4 is 5.32 Å². The number of thiazole rings is 1. The van der Waals surface area contributed by atoms with Gasteiger partial charge in [0, 0.05) is 24.5 Å². The number of carbonyl (C=O) groups excluding carboxylic acids is 1. The van der Waals surface area contributed by atoms with Crippen molar-refractivity contribution in [3.63, 3.8) is 0 Å². The van der Waals surface area contributed by atoms with Crippen LogP contribution in [0.15, 0.2) is 5.38 Å². The molecule has 0 bridgehead atoms. The van der Waals surface area contributed by atoms with E-state index in [-0.39, 0.29) is 30.0 Å². The van der Waals surface area contributed by atoms with Crippen molar-refractivity contribution in [2.45, 2.75) is 26.3 Å². The lowest BCUT2D eigenvalue weighted by molar-refractivity contribution is 0.0701. The van der Waals surface area contributed by atoms with E-state index in [1.54, 1.807) is 10.3 Å². The van der Waals surface area contributed by atoms with Crippen LogP contribution in [-0.4, -0.2) is 54.8 Å². The Kier molecular flexibility index (Phi) is 4.64. The highest BCUT2D eigenvalue weighted by Crippen LogP contribution is 2.20. The molecule has 1 amide bonds. The summed E-state index contributed by atoms with van der Waals surface area (Å²) in [7, 11) is -3.03. The van der Waals surface area contributed by atoms with E-state index in [9.17, 15) is 13.2 Å². The lowest BCUT2D eigenvalue weighted by Gasteiger charge is -2.25. The normalized spacial score (nSPS) is 22.3. The van der Waals surface area contributed by atoms with E-state index >= 15 is 0 Å². The number of anilines is 1. The smallest absolute Gasteiger partial charge is 0.273 e. The molecule has 1 unspecified atom stereocenters. The molecule has 0 aromatic carbocycles. The average Bonchev–Trinajstić information content (AvgIpc) is 2.80. The maximum atomic E-state index is 12.4. The molecule has 2 heterocycles. The van der Waals surface area contributed by atoms with E-state index in [0.717, 1.165) is 6.54 Å². The fourth-order valence-electron chi connectivity index (χ4n) is 2.12. The van der Waals surface area contributed by atoms with Crippen molar-refractivity contribution in [2.75, 3.05) is 29.9 Å². The third-order valence-corrected chi connectivity index (χ3v) is 5.80. The second-order valence-electron chi connectivity index (χ2n) is 4.86. The van der Waals surface area contributed by atoms with Crippen molar-refractivity contribution in [3.05, 3.63) is 11.1 Å². The Labute approximate surface area is 123 Å². The van der Waals surface area contributed by atoms with Gasteiger partial charge in [0.25, 0.3) is 5.91 Å². The summed E-state index contributed by atoms with van der Waals surface area (Å²) in [6.07, 6.45) is 0.484. The zero-order valence-electron chi connectivity index (χ0n) is 11.6. The van der Waals surface area contributed by atoms with Crippen LogP contribution >= 0.6 is 11.3 Å². The van der Waals surface area contributed by atoms with Crippen LogP contribution in [0.2, 0.25) is 0 Å². The molecule has 1 N–H and O–H groups in total. The van der Waals surface area contributed by atoms with Gasteiger partial charge in [-0.25, -0.2) is 13.4 Å². The highest BCUT2D eigenvalue weighted by molar-refractivity contribution is 7.91. The minimum Gasteiger partial charge on any atom is -0.362 e. The molecule has 0 aliphatic carbocycles. The predicted octanol–water partition coefficient (Wildman–Crippen LogP) is 1.22. The number of hydrogen-bond acceptors (Lipinski definition) is 6. The molecule has 1 fully saturated rings. The fraction of sp³-hybridized carbons (Fsp3) is 0.667. The van der Waals surface area contributed by atoms with Gasteiger partial charge in [-0.2, -0.15) is 0 Å². The van der Waals surface area contributed by atoms with Crippen LogP contribution in [0.3, 0.4) is 0 Å². The summed E-state index contributed by atoms with van der Waals surface area (Å²) < 4.78 is 23.3. The summed E-state index contributed by atoms with van der Waals surface area (Å²) in [5.74, 6) is 0.000271. The van der Waals surface area contributed by atoms with Crippen LogP contribution in [-0.2, 0) is 9.84 Å². The van der Waals surface area contributed by atoms with Crippen molar-refractivity contribution in [2.24, 2.45) is 0 Å². The maximum absolute atomic E-state index is 12.4. The molecule has 0 saturated carbocycles. The number of hydrogen-bond donors (Lipinski definition) is 1. The highest BCUT2D eigenvalue weighted by atomic mass is 32.2. The SMILES string of the molecule is CCNc1nc(C(=O)N2CCS(=O)(=O)CCC2C)cs1. The quantitative estimate of drug-likeness (QED) is 0.907. The van der Waals surface area contributed by atoms with Crippen LogP contribution in [0.1, 0.15) is 30.8 Å². The summed E-state index contributed by atoms with van der Waals surface area (Å²) >= 11 is 1.38. The number of nitrogens with zero attached hydrogens (tertiary/aromatic N) is 2. The predicted molar refractivity (Wildman–Crippen MR) is 80.0 cm³/mol. The van der Waals surface area contributed by atoms with Gasteiger partial charge in [-0.3, -0.25) is 4.79 Å². The zero-order valence-corrected chi connectivity index (χ0v) is 13.3. The Morgan fingerprint density at radius 2 is 2.30 bits per heavy atom. The first-order chi connectivity index (χ1) is 9.43. The molecule has 1 aliphatic heterocycles. The molecule has 2 rings (SSSR count). The molecule has 1 aromatic rings. The summed E-state index contributed by atoms with van der Waals surface area (Å²) in [6, 6.07) is -0.0796. The molecule has 1 atom stereocenters. The van der Waals surface area contributed by atoms with E-state index < -0.39 is 9.84 Å². The van der Waals surface area contributed by atoms with Crippen molar-refractivity contribution < 1.29 is 13.2 Å². The maximum Gasteiger partial charge on any atom is 0.273 e. The number of aromatic nitrogens is 1. The van der Waals surface area contributed by atoms with Crippen LogP contribution in [0, 0.1) is 0 Å². The monoisotopic (exact) mass is 317 g/mol. The zero-order chi connectivity index (χ0) is 14.8. The summed E-state index contributed by atoms with van der Waals surface area (Å²) in [5.41, 5.74) is 0.386. The lowest BCUT2D eigenvalue weighted by Crippen LogP contribution is -2.39. The van der Waals surface area contributed by atoms with E-state index in [4.69, 9.17) is 0 Å². The summed E-state index contributed by atoms with van der Waals surface area (Å²) in [4.78, 5) is 18.3. The lowest BCUT2D eigenvalue weighted by atomic mass is 10.2. The highest BCUT2D eigenvalue weighted by Gasteiger charge is 2.29. The van der Waals surface area contributed by atoms with Gasteiger partial charge >= 0.3 is 0 Å². The van der Waals surface area contributed by atoms with Gasteiger partial charge in [-0.05, 0) is 20.3 Å². The Bertz CT molecular complexity index is 583. The van der Waals surface area contributed by atoms with Crippen LogP contribution in [0.5, 0.6) is 0 Å². The van der Waals surface area contributed by atoms with Gasteiger partial charge in [0.2, 0.25) is 0 Å². The van der Waals surface area contributed by atoms with E-state index in [0.29, 0.717) is 17.2 Å². The molecule has 1 aliphatic rings. The standard InChI is InChI=1S/C12H19N3O3S2/c1-3-13-12-14-10(8-19-12)11(16)15-5-7-20(17,18)6-4-9(15)2/h8-9H,3-7H2,1-2H3,(H,13,14). The number of rotatable bonds is 3. The minimum absolute atomic E-state index is 0.0350. The van der Waals surface area contributed by atoms with Gasteiger partial charge in [0.1, 0.15) is 5.69 Å².